The van der Waals surface area contributed by atoms with E-state index in [1.165, 1.54) is 0 Å². The largest absolute Gasteiger partial charge is 0.294 e. The van der Waals surface area contributed by atoms with Gasteiger partial charge in [-0.3, -0.25) is 14.0 Å². The van der Waals surface area contributed by atoms with Crippen LogP contribution < -0.4 is 5.56 Å². The third-order valence-corrected chi connectivity index (χ3v) is 4.38. The molecule has 6 heteroatoms. The summed E-state index contributed by atoms with van der Waals surface area (Å²) in [6.07, 6.45) is 5.29. The number of nitrogens with zero attached hydrogens (tertiary/aromatic N) is 4. The molecule has 3 heterocycles. The summed E-state index contributed by atoms with van der Waals surface area (Å²) in [5.41, 5.74) is 2.06. The van der Waals surface area contributed by atoms with Crippen molar-refractivity contribution >= 4 is 21.6 Å². The zero-order chi connectivity index (χ0) is 13.6. The summed E-state index contributed by atoms with van der Waals surface area (Å²) in [5, 5.41) is 4.85. The highest BCUT2D eigenvalue weighted by Gasteiger charge is 2.12. The van der Waals surface area contributed by atoms with E-state index in [9.17, 15) is 4.79 Å². The van der Waals surface area contributed by atoms with E-state index in [4.69, 9.17) is 0 Å². The number of aryl methyl sites for hydroxylation is 3. The summed E-state index contributed by atoms with van der Waals surface area (Å²) in [6, 6.07) is 0. The van der Waals surface area contributed by atoms with Crippen LogP contribution in [-0.2, 0) is 13.6 Å². The molecule has 0 saturated carbocycles. The minimum absolute atomic E-state index is 0.0238. The van der Waals surface area contributed by atoms with E-state index in [1.807, 2.05) is 27.1 Å². The highest BCUT2D eigenvalue weighted by molar-refractivity contribution is 7.18. The molecule has 0 N–H and O–H groups in total. The van der Waals surface area contributed by atoms with Crippen LogP contribution in [0.1, 0.15) is 16.0 Å². The van der Waals surface area contributed by atoms with Gasteiger partial charge in [0.05, 0.1) is 24.5 Å². The lowest BCUT2D eigenvalue weighted by atomic mass is 10.2. The number of hydrogen-bond acceptors (Lipinski definition) is 4. The first kappa shape index (κ1) is 12.1. The first-order valence-electron chi connectivity index (χ1n) is 5.99. The molecule has 0 aliphatic rings. The summed E-state index contributed by atoms with van der Waals surface area (Å²) < 4.78 is 3.37. The van der Waals surface area contributed by atoms with Gasteiger partial charge in [0.15, 0.2) is 0 Å². The maximum atomic E-state index is 12.5. The van der Waals surface area contributed by atoms with Crippen LogP contribution in [0, 0.1) is 13.8 Å². The quantitative estimate of drug-likeness (QED) is 0.716. The monoisotopic (exact) mass is 274 g/mol. The summed E-state index contributed by atoms with van der Waals surface area (Å²) in [4.78, 5) is 18.8. The number of hydrogen-bond donors (Lipinski definition) is 0. The number of fused-ring (bicyclic) bond motifs is 1. The van der Waals surface area contributed by atoms with Crippen LogP contribution in [0.3, 0.4) is 0 Å². The van der Waals surface area contributed by atoms with Gasteiger partial charge in [0.25, 0.3) is 5.56 Å². The predicted molar refractivity (Wildman–Crippen MR) is 75.7 cm³/mol. The topological polar surface area (TPSA) is 52.7 Å². The SMILES string of the molecule is Cc1sc2ncn(Cc3cnn(C)c3)c(=O)c2c1C. The lowest BCUT2D eigenvalue weighted by molar-refractivity contribution is 0.742. The minimum atomic E-state index is 0.0238. The third kappa shape index (κ3) is 1.98. The standard InChI is InChI=1S/C13H14N4OS/c1-8-9(2)19-12-11(8)13(18)17(7-14-12)6-10-4-15-16(3)5-10/h4-5,7H,6H2,1-3H3. The van der Waals surface area contributed by atoms with E-state index >= 15 is 0 Å². The lowest BCUT2D eigenvalue weighted by Crippen LogP contribution is -2.20. The second kappa shape index (κ2) is 4.31. The maximum Gasteiger partial charge on any atom is 0.262 e. The molecule has 0 aliphatic carbocycles. The van der Waals surface area contributed by atoms with Crippen molar-refractivity contribution in [3.05, 3.63) is 45.1 Å². The van der Waals surface area contributed by atoms with E-state index in [-0.39, 0.29) is 5.56 Å². The first-order chi connectivity index (χ1) is 9.06. The zero-order valence-corrected chi connectivity index (χ0v) is 11.9. The van der Waals surface area contributed by atoms with Crippen molar-refractivity contribution in [2.24, 2.45) is 7.05 Å². The average Bonchev–Trinajstić information content (AvgIpc) is 2.89. The van der Waals surface area contributed by atoms with Gasteiger partial charge < -0.3 is 0 Å². The third-order valence-electron chi connectivity index (χ3n) is 3.27. The second-order valence-electron chi connectivity index (χ2n) is 4.66. The Morgan fingerprint density at radius 3 is 2.84 bits per heavy atom. The molecule has 3 aromatic rings. The van der Waals surface area contributed by atoms with Crippen LogP contribution >= 0.6 is 11.3 Å². The predicted octanol–water partition coefficient (Wildman–Crippen LogP) is 1.86. The Balaban J connectivity index is 2.12. The summed E-state index contributed by atoms with van der Waals surface area (Å²) in [6.45, 7) is 4.50. The van der Waals surface area contributed by atoms with E-state index < -0.39 is 0 Å². The molecule has 19 heavy (non-hydrogen) atoms. The summed E-state index contributed by atoms with van der Waals surface area (Å²) >= 11 is 1.57. The van der Waals surface area contributed by atoms with Gasteiger partial charge >= 0.3 is 0 Å². The first-order valence-corrected chi connectivity index (χ1v) is 6.80. The Morgan fingerprint density at radius 1 is 1.37 bits per heavy atom. The van der Waals surface area contributed by atoms with Crippen LogP contribution in [0.2, 0.25) is 0 Å². The molecule has 0 radical (unpaired) electrons. The average molecular weight is 274 g/mol. The minimum Gasteiger partial charge on any atom is -0.294 e. The van der Waals surface area contributed by atoms with Gasteiger partial charge in [0, 0.05) is 23.7 Å². The molecule has 0 unspecified atom stereocenters. The Kier molecular flexibility index (Phi) is 2.74. The fraction of sp³-hybridized carbons (Fsp3) is 0.308. The Bertz CT molecular complexity index is 812. The summed E-state index contributed by atoms with van der Waals surface area (Å²) in [7, 11) is 1.86. The van der Waals surface area contributed by atoms with Crippen molar-refractivity contribution in [2.45, 2.75) is 20.4 Å². The van der Waals surface area contributed by atoms with Gasteiger partial charge in [-0.2, -0.15) is 5.10 Å². The molecule has 5 nitrogen and oxygen atoms in total. The molecule has 0 saturated heterocycles. The summed E-state index contributed by atoms with van der Waals surface area (Å²) in [5.74, 6) is 0. The highest BCUT2D eigenvalue weighted by atomic mass is 32.1. The van der Waals surface area contributed by atoms with E-state index in [0.717, 1.165) is 26.2 Å². The molecule has 0 spiro atoms. The van der Waals surface area contributed by atoms with Crippen LogP contribution in [0.5, 0.6) is 0 Å². The lowest BCUT2D eigenvalue weighted by Gasteiger charge is -2.03. The van der Waals surface area contributed by atoms with E-state index in [0.29, 0.717) is 6.54 Å². The maximum absolute atomic E-state index is 12.5. The molecule has 98 valence electrons. The number of thiophene rings is 1. The number of aromatic nitrogens is 4. The van der Waals surface area contributed by atoms with Crippen LogP contribution in [0.25, 0.3) is 10.2 Å². The zero-order valence-electron chi connectivity index (χ0n) is 11.0. The van der Waals surface area contributed by atoms with Crippen LogP contribution in [0.4, 0.5) is 0 Å². The van der Waals surface area contributed by atoms with Crippen LogP contribution in [-0.4, -0.2) is 19.3 Å². The molecule has 0 aliphatic heterocycles. The Hall–Kier alpha value is -1.95. The molecule has 3 aromatic heterocycles. The van der Waals surface area contributed by atoms with Gasteiger partial charge in [-0.05, 0) is 19.4 Å². The van der Waals surface area contributed by atoms with Crippen molar-refractivity contribution in [2.75, 3.05) is 0 Å². The van der Waals surface area contributed by atoms with Gasteiger partial charge in [-0.25, -0.2) is 4.98 Å². The van der Waals surface area contributed by atoms with Crippen LogP contribution in [0.15, 0.2) is 23.5 Å². The highest BCUT2D eigenvalue weighted by Crippen LogP contribution is 2.25. The van der Waals surface area contributed by atoms with Crippen molar-refractivity contribution in [1.82, 2.24) is 19.3 Å². The van der Waals surface area contributed by atoms with Gasteiger partial charge in [-0.1, -0.05) is 0 Å². The molecule has 0 bridgehead atoms. The molecule has 0 amide bonds. The van der Waals surface area contributed by atoms with Gasteiger partial charge in [-0.15, -0.1) is 11.3 Å². The van der Waals surface area contributed by atoms with Crippen molar-refractivity contribution in [3.63, 3.8) is 0 Å². The molecule has 0 aromatic carbocycles. The van der Waals surface area contributed by atoms with Crippen molar-refractivity contribution in [1.29, 1.82) is 0 Å². The number of rotatable bonds is 2. The fourth-order valence-electron chi connectivity index (χ4n) is 2.13. The molecule has 0 fully saturated rings. The van der Waals surface area contributed by atoms with Gasteiger partial charge in [0.1, 0.15) is 4.83 Å². The smallest absolute Gasteiger partial charge is 0.262 e. The van der Waals surface area contributed by atoms with Crippen molar-refractivity contribution in [3.8, 4) is 0 Å². The second-order valence-corrected chi connectivity index (χ2v) is 5.87. The van der Waals surface area contributed by atoms with Crippen molar-refractivity contribution < 1.29 is 0 Å². The molecular formula is C13H14N4OS. The van der Waals surface area contributed by atoms with E-state index in [2.05, 4.69) is 10.1 Å². The fourth-order valence-corrected chi connectivity index (χ4v) is 3.12. The van der Waals surface area contributed by atoms with E-state index in [1.54, 1.807) is 33.1 Å². The Morgan fingerprint density at radius 2 is 2.16 bits per heavy atom. The molecule has 0 atom stereocenters. The van der Waals surface area contributed by atoms with Gasteiger partial charge in [0.2, 0.25) is 0 Å². The Labute approximate surface area is 114 Å². The normalized spacial score (nSPS) is 11.3. The molecular weight excluding hydrogens is 260 g/mol. The molecule has 3 rings (SSSR count).